The summed E-state index contributed by atoms with van der Waals surface area (Å²) in [4.78, 5) is 15.4. The normalized spacial score (nSPS) is 25.8. The number of amides is 1. The first-order valence-electron chi connectivity index (χ1n) is 11.8. The van der Waals surface area contributed by atoms with Crippen LogP contribution in [-0.2, 0) is 4.79 Å². The molecule has 0 radical (unpaired) electrons. The second-order valence-electron chi connectivity index (χ2n) is 9.24. The number of rotatable bonds is 5. The van der Waals surface area contributed by atoms with Gasteiger partial charge in [-0.05, 0) is 55.2 Å². The van der Waals surface area contributed by atoms with Crippen molar-refractivity contribution in [1.82, 2.24) is 4.90 Å². The number of nitrogens with zero attached hydrogens (tertiary/aromatic N) is 1. The van der Waals surface area contributed by atoms with Crippen LogP contribution in [0.3, 0.4) is 0 Å². The summed E-state index contributed by atoms with van der Waals surface area (Å²) >= 11 is 0. The van der Waals surface area contributed by atoms with E-state index < -0.39 is 5.60 Å². The molecule has 3 aliphatic rings. The molecule has 0 bridgehead atoms. The minimum Gasteiger partial charge on any atom is -0.497 e. The molecular weight excluding hydrogens is 434 g/mol. The van der Waals surface area contributed by atoms with Crippen molar-refractivity contribution in [2.45, 2.75) is 43.7 Å². The van der Waals surface area contributed by atoms with E-state index >= 15 is 0 Å². The van der Waals surface area contributed by atoms with Crippen molar-refractivity contribution in [2.75, 3.05) is 27.6 Å². The molecule has 0 aromatic heterocycles. The van der Waals surface area contributed by atoms with Gasteiger partial charge in [0.15, 0.2) is 11.5 Å². The molecule has 7 heteroatoms. The fourth-order valence-electron chi connectivity index (χ4n) is 5.66. The van der Waals surface area contributed by atoms with Crippen LogP contribution in [0.25, 0.3) is 6.08 Å². The Morgan fingerprint density at radius 3 is 2.76 bits per heavy atom. The van der Waals surface area contributed by atoms with Gasteiger partial charge in [-0.1, -0.05) is 18.9 Å². The third-order valence-electron chi connectivity index (χ3n) is 7.42. The van der Waals surface area contributed by atoms with Gasteiger partial charge in [-0.2, -0.15) is 0 Å². The number of carbonyl (C=O) groups excluding carboxylic acids is 1. The third kappa shape index (κ3) is 4.09. The first kappa shape index (κ1) is 22.6. The van der Waals surface area contributed by atoms with E-state index in [-0.39, 0.29) is 24.7 Å². The number of hydrogen-bond donors (Lipinski definition) is 1. The highest BCUT2D eigenvalue weighted by molar-refractivity contribution is 5.92. The molecule has 2 heterocycles. The van der Waals surface area contributed by atoms with E-state index in [4.69, 9.17) is 18.9 Å². The predicted octanol–water partition coefficient (Wildman–Crippen LogP) is 4.34. The summed E-state index contributed by atoms with van der Waals surface area (Å²) in [5, 5.41) is 11.5. The SMILES string of the molecule is COc1ccc([C@H]2[C@@H]3CCCC[C@]3(O)CCN2C(=O)/C=C/c2ccc3c(c2)OCO3)c(OC)c1. The lowest BCUT2D eigenvalue weighted by Gasteiger charge is -2.52. The molecule has 1 amide bonds. The topological polar surface area (TPSA) is 77.5 Å². The zero-order valence-electron chi connectivity index (χ0n) is 19.7. The molecule has 2 aliphatic heterocycles. The van der Waals surface area contributed by atoms with Crippen LogP contribution in [0.15, 0.2) is 42.5 Å². The highest BCUT2D eigenvalue weighted by atomic mass is 16.7. The summed E-state index contributed by atoms with van der Waals surface area (Å²) in [7, 11) is 3.24. The van der Waals surface area contributed by atoms with Gasteiger partial charge in [0.05, 0.1) is 25.9 Å². The fraction of sp³-hybridized carbons (Fsp3) is 0.444. The Morgan fingerprint density at radius 1 is 1.09 bits per heavy atom. The molecule has 1 aliphatic carbocycles. The van der Waals surface area contributed by atoms with Crippen LogP contribution >= 0.6 is 0 Å². The number of likely N-dealkylation sites (tertiary alicyclic amines) is 1. The molecule has 2 aromatic carbocycles. The molecule has 2 aromatic rings. The minimum atomic E-state index is -0.772. The van der Waals surface area contributed by atoms with Gasteiger partial charge >= 0.3 is 0 Å². The van der Waals surface area contributed by atoms with Crippen molar-refractivity contribution in [3.05, 3.63) is 53.6 Å². The highest BCUT2D eigenvalue weighted by Gasteiger charge is 2.50. The Hall–Kier alpha value is -3.19. The first-order valence-corrected chi connectivity index (χ1v) is 11.8. The van der Waals surface area contributed by atoms with Gasteiger partial charge in [0.2, 0.25) is 12.7 Å². The predicted molar refractivity (Wildman–Crippen MR) is 127 cm³/mol. The van der Waals surface area contributed by atoms with E-state index in [1.807, 2.05) is 41.3 Å². The lowest BCUT2D eigenvalue weighted by atomic mass is 9.66. The Labute approximate surface area is 199 Å². The molecule has 0 unspecified atom stereocenters. The summed E-state index contributed by atoms with van der Waals surface area (Å²) in [6, 6.07) is 11.0. The lowest BCUT2D eigenvalue weighted by molar-refractivity contribution is -0.151. The molecule has 2 fully saturated rings. The molecular formula is C27H31NO6. The molecule has 5 rings (SSSR count). The number of fused-ring (bicyclic) bond motifs is 2. The maximum atomic E-state index is 13.5. The summed E-state index contributed by atoms with van der Waals surface area (Å²) < 4.78 is 21.9. The Bertz CT molecular complexity index is 1100. The quantitative estimate of drug-likeness (QED) is 0.662. The molecule has 180 valence electrons. The van der Waals surface area contributed by atoms with Gasteiger partial charge in [0.25, 0.3) is 0 Å². The van der Waals surface area contributed by atoms with Crippen LogP contribution in [-0.4, -0.2) is 49.1 Å². The average molecular weight is 466 g/mol. The number of aliphatic hydroxyl groups is 1. The monoisotopic (exact) mass is 465 g/mol. The largest absolute Gasteiger partial charge is 0.497 e. The molecule has 34 heavy (non-hydrogen) atoms. The van der Waals surface area contributed by atoms with Crippen molar-refractivity contribution < 1.29 is 28.8 Å². The standard InChI is InChI=1S/C27H31NO6/c1-31-19-8-9-20(23(16-19)32-2)26-21-5-3-4-12-27(21,30)13-14-28(26)25(29)11-7-18-6-10-22-24(15-18)34-17-33-22/h6-11,15-16,21,26,30H,3-5,12-14,17H2,1-2H3/b11-7+/t21-,26-,27-/m0/s1. The van der Waals surface area contributed by atoms with Crippen molar-refractivity contribution >= 4 is 12.0 Å². The van der Waals surface area contributed by atoms with Gasteiger partial charge in [-0.15, -0.1) is 0 Å². The molecule has 1 saturated heterocycles. The van der Waals surface area contributed by atoms with E-state index in [9.17, 15) is 9.90 Å². The first-order chi connectivity index (χ1) is 16.5. The number of carbonyl (C=O) groups is 1. The van der Waals surface area contributed by atoms with Crippen molar-refractivity contribution in [2.24, 2.45) is 5.92 Å². The number of methoxy groups -OCH3 is 2. The Balaban J connectivity index is 1.48. The fourth-order valence-corrected chi connectivity index (χ4v) is 5.66. The highest BCUT2D eigenvalue weighted by Crippen LogP contribution is 2.51. The van der Waals surface area contributed by atoms with Crippen LogP contribution in [0.5, 0.6) is 23.0 Å². The molecule has 1 N–H and O–H groups in total. The van der Waals surface area contributed by atoms with E-state index in [1.54, 1.807) is 26.4 Å². The molecule has 1 saturated carbocycles. The Morgan fingerprint density at radius 2 is 1.94 bits per heavy atom. The zero-order valence-corrected chi connectivity index (χ0v) is 19.7. The van der Waals surface area contributed by atoms with Crippen LogP contribution < -0.4 is 18.9 Å². The van der Waals surface area contributed by atoms with Crippen molar-refractivity contribution in [3.8, 4) is 23.0 Å². The minimum absolute atomic E-state index is 0.0554. The maximum Gasteiger partial charge on any atom is 0.247 e. The second kappa shape index (κ2) is 9.22. The number of hydrogen-bond acceptors (Lipinski definition) is 6. The van der Waals surface area contributed by atoms with Crippen molar-refractivity contribution in [3.63, 3.8) is 0 Å². The molecule has 0 spiro atoms. The van der Waals surface area contributed by atoms with Gasteiger partial charge in [0, 0.05) is 30.2 Å². The van der Waals surface area contributed by atoms with Gasteiger partial charge in [-0.25, -0.2) is 0 Å². The number of benzene rings is 2. The summed E-state index contributed by atoms with van der Waals surface area (Å²) in [5.41, 5.74) is 0.992. The average Bonchev–Trinajstić information content (AvgIpc) is 3.34. The second-order valence-corrected chi connectivity index (χ2v) is 9.24. The number of ether oxygens (including phenoxy) is 4. The number of piperidine rings is 1. The molecule has 7 nitrogen and oxygen atoms in total. The van der Waals surface area contributed by atoms with Crippen LogP contribution in [0, 0.1) is 5.92 Å². The van der Waals surface area contributed by atoms with Crippen LogP contribution in [0.1, 0.15) is 49.3 Å². The Kier molecular flexibility index (Phi) is 6.13. The summed E-state index contributed by atoms with van der Waals surface area (Å²) in [6.45, 7) is 0.696. The summed E-state index contributed by atoms with van der Waals surface area (Å²) in [5.74, 6) is 2.60. The van der Waals surface area contributed by atoms with E-state index in [0.717, 1.165) is 36.8 Å². The third-order valence-corrected chi connectivity index (χ3v) is 7.42. The smallest absolute Gasteiger partial charge is 0.247 e. The van der Waals surface area contributed by atoms with E-state index in [1.165, 1.54) is 0 Å². The van der Waals surface area contributed by atoms with Gasteiger partial charge < -0.3 is 29.0 Å². The lowest BCUT2D eigenvalue weighted by Crippen LogP contribution is -2.56. The van der Waals surface area contributed by atoms with Gasteiger partial charge in [0.1, 0.15) is 11.5 Å². The maximum absolute atomic E-state index is 13.5. The van der Waals surface area contributed by atoms with E-state index in [0.29, 0.717) is 36.0 Å². The van der Waals surface area contributed by atoms with Crippen LogP contribution in [0.2, 0.25) is 0 Å². The summed E-state index contributed by atoms with van der Waals surface area (Å²) in [6.07, 6.45) is 7.67. The van der Waals surface area contributed by atoms with Crippen molar-refractivity contribution in [1.29, 1.82) is 0 Å². The van der Waals surface area contributed by atoms with Crippen LogP contribution in [0.4, 0.5) is 0 Å². The zero-order chi connectivity index (χ0) is 23.7. The molecule has 3 atom stereocenters. The van der Waals surface area contributed by atoms with Gasteiger partial charge in [-0.3, -0.25) is 4.79 Å². The van der Waals surface area contributed by atoms with E-state index in [2.05, 4.69) is 0 Å².